The van der Waals surface area contributed by atoms with Crippen molar-refractivity contribution in [3.63, 3.8) is 0 Å². The van der Waals surface area contributed by atoms with E-state index in [1.165, 1.54) is 0 Å². The first-order valence-corrected chi connectivity index (χ1v) is 9.40. The third-order valence-electron chi connectivity index (χ3n) is 4.26. The van der Waals surface area contributed by atoms with Crippen molar-refractivity contribution in [1.29, 1.82) is 0 Å². The maximum Gasteiger partial charge on any atom is 0.267 e. The molecule has 5 nitrogen and oxygen atoms in total. The van der Waals surface area contributed by atoms with Crippen LogP contribution in [0.25, 0.3) is 6.08 Å². The number of fused-ring (bicyclic) bond motifs is 1. The van der Waals surface area contributed by atoms with E-state index in [9.17, 15) is 9.59 Å². The van der Waals surface area contributed by atoms with Gasteiger partial charge in [0.2, 0.25) is 0 Å². The number of amides is 2. The first-order valence-electron chi connectivity index (χ1n) is 9.02. The zero-order valence-corrected chi connectivity index (χ0v) is 16.4. The molecule has 0 fully saturated rings. The van der Waals surface area contributed by atoms with Crippen LogP contribution in [0.1, 0.15) is 29.8 Å². The van der Waals surface area contributed by atoms with Crippen LogP contribution in [0.5, 0.6) is 5.75 Å². The zero-order chi connectivity index (χ0) is 20.1. The number of hydrogen-bond acceptors (Lipinski definition) is 3. The van der Waals surface area contributed by atoms with Crippen molar-refractivity contribution in [2.45, 2.75) is 20.0 Å². The molecular weight excluding hydrogens is 376 g/mol. The largest absolute Gasteiger partial charge is 0.485 e. The Morgan fingerprint density at radius 3 is 2.57 bits per heavy atom. The van der Waals surface area contributed by atoms with E-state index in [-0.39, 0.29) is 23.6 Å². The van der Waals surface area contributed by atoms with Gasteiger partial charge in [-0.15, -0.1) is 0 Å². The summed E-state index contributed by atoms with van der Waals surface area (Å²) in [5.41, 5.74) is 2.28. The van der Waals surface area contributed by atoms with Crippen molar-refractivity contribution < 1.29 is 14.3 Å². The molecule has 2 aromatic rings. The van der Waals surface area contributed by atoms with E-state index >= 15 is 0 Å². The molecular formula is C22H21ClN2O3. The monoisotopic (exact) mass is 396 g/mol. The lowest BCUT2D eigenvalue weighted by Gasteiger charge is -2.23. The van der Waals surface area contributed by atoms with Crippen molar-refractivity contribution in [3.8, 4) is 5.75 Å². The van der Waals surface area contributed by atoms with Gasteiger partial charge in [0, 0.05) is 22.7 Å². The van der Waals surface area contributed by atoms with Crippen LogP contribution in [0.4, 0.5) is 0 Å². The summed E-state index contributed by atoms with van der Waals surface area (Å²) in [7, 11) is 0. The van der Waals surface area contributed by atoms with Gasteiger partial charge in [0.25, 0.3) is 11.8 Å². The molecule has 6 heteroatoms. The van der Waals surface area contributed by atoms with E-state index in [1.54, 1.807) is 30.3 Å². The van der Waals surface area contributed by atoms with E-state index < -0.39 is 0 Å². The van der Waals surface area contributed by atoms with Gasteiger partial charge in [-0.3, -0.25) is 9.59 Å². The van der Waals surface area contributed by atoms with Gasteiger partial charge in [0.1, 0.15) is 17.6 Å². The standard InChI is InChI=1S/C22H21ClN2O3/c1-3-24-22(27)19(25-21(26)15-8-10-18(23)11-9-15)13-17-12-16-6-4-5-7-20(16)28-14(17)2/h4-14H,3H2,1-2H3,(H,24,27)(H,25,26). The lowest BCUT2D eigenvalue weighted by atomic mass is 10.0. The molecule has 0 saturated carbocycles. The highest BCUT2D eigenvalue weighted by atomic mass is 35.5. The van der Waals surface area contributed by atoms with Crippen LogP contribution >= 0.6 is 11.6 Å². The fourth-order valence-corrected chi connectivity index (χ4v) is 2.92. The molecule has 1 aliphatic heterocycles. The maximum absolute atomic E-state index is 12.6. The highest BCUT2D eigenvalue weighted by Crippen LogP contribution is 2.30. The van der Waals surface area contributed by atoms with Gasteiger partial charge in [-0.05, 0) is 61.9 Å². The highest BCUT2D eigenvalue weighted by Gasteiger charge is 2.20. The number of benzene rings is 2. The molecule has 1 atom stereocenters. The number of likely N-dealkylation sites (N-methyl/N-ethyl adjacent to an activating group) is 1. The van der Waals surface area contributed by atoms with Crippen LogP contribution in [0.3, 0.4) is 0 Å². The first kappa shape index (κ1) is 19.7. The number of hydrogen-bond donors (Lipinski definition) is 2. The van der Waals surface area contributed by atoms with Gasteiger partial charge >= 0.3 is 0 Å². The van der Waals surface area contributed by atoms with E-state index in [0.29, 0.717) is 17.1 Å². The molecule has 2 aromatic carbocycles. The van der Waals surface area contributed by atoms with Gasteiger partial charge < -0.3 is 15.4 Å². The summed E-state index contributed by atoms with van der Waals surface area (Å²) >= 11 is 5.87. The fourth-order valence-electron chi connectivity index (χ4n) is 2.80. The highest BCUT2D eigenvalue weighted by molar-refractivity contribution is 6.30. The molecule has 2 amide bonds. The Kier molecular flexibility index (Phi) is 6.16. The summed E-state index contributed by atoms with van der Waals surface area (Å²) in [5, 5.41) is 5.96. The number of para-hydroxylation sites is 1. The van der Waals surface area contributed by atoms with Gasteiger partial charge in [0.05, 0.1) is 0 Å². The number of carbonyl (C=O) groups is 2. The summed E-state index contributed by atoms with van der Waals surface area (Å²) in [6, 6.07) is 14.1. The number of ether oxygens (including phenoxy) is 1. The predicted molar refractivity (Wildman–Crippen MR) is 110 cm³/mol. The summed E-state index contributed by atoms with van der Waals surface area (Å²) in [5.74, 6) is 0.0354. The first-order chi connectivity index (χ1) is 13.5. The molecule has 1 unspecified atom stereocenters. The summed E-state index contributed by atoms with van der Waals surface area (Å²) in [4.78, 5) is 25.1. The molecule has 1 heterocycles. The number of rotatable bonds is 5. The Hall–Kier alpha value is -3.05. The molecule has 144 valence electrons. The molecule has 0 bridgehead atoms. The van der Waals surface area contributed by atoms with Crippen LogP contribution < -0.4 is 15.4 Å². The van der Waals surface area contributed by atoms with E-state index in [1.807, 2.05) is 44.2 Å². The molecule has 0 radical (unpaired) electrons. The summed E-state index contributed by atoms with van der Waals surface area (Å²) in [6.45, 7) is 4.16. The van der Waals surface area contributed by atoms with Crippen LogP contribution in [0.15, 0.2) is 65.9 Å². The second-order valence-electron chi connectivity index (χ2n) is 6.32. The van der Waals surface area contributed by atoms with Crippen molar-refractivity contribution >= 4 is 29.5 Å². The maximum atomic E-state index is 12.6. The lowest BCUT2D eigenvalue weighted by Crippen LogP contribution is -2.35. The molecule has 0 aromatic heterocycles. The fraction of sp³-hybridized carbons (Fsp3) is 0.182. The molecule has 28 heavy (non-hydrogen) atoms. The van der Waals surface area contributed by atoms with Crippen molar-refractivity contribution in [2.24, 2.45) is 0 Å². The van der Waals surface area contributed by atoms with Crippen molar-refractivity contribution in [1.82, 2.24) is 10.6 Å². The zero-order valence-electron chi connectivity index (χ0n) is 15.7. The van der Waals surface area contributed by atoms with E-state index in [0.717, 1.165) is 16.9 Å². The topological polar surface area (TPSA) is 67.4 Å². The van der Waals surface area contributed by atoms with Gasteiger partial charge in [-0.2, -0.15) is 0 Å². The smallest absolute Gasteiger partial charge is 0.267 e. The lowest BCUT2D eigenvalue weighted by molar-refractivity contribution is -0.117. The minimum absolute atomic E-state index is 0.155. The third-order valence-corrected chi connectivity index (χ3v) is 4.51. The molecule has 3 rings (SSSR count). The number of halogens is 1. The Morgan fingerprint density at radius 2 is 1.86 bits per heavy atom. The van der Waals surface area contributed by atoms with Gasteiger partial charge in [0.15, 0.2) is 0 Å². The van der Waals surface area contributed by atoms with E-state index in [2.05, 4.69) is 10.6 Å². The minimum atomic E-state index is -0.389. The number of carbonyl (C=O) groups excluding carboxylic acids is 2. The van der Waals surface area contributed by atoms with Crippen LogP contribution in [0, 0.1) is 0 Å². The normalized spacial score (nSPS) is 15.8. The van der Waals surface area contributed by atoms with Gasteiger partial charge in [-0.1, -0.05) is 29.8 Å². The molecule has 0 aliphatic carbocycles. The Balaban J connectivity index is 1.91. The van der Waals surface area contributed by atoms with Crippen molar-refractivity contribution in [3.05, 3.63) is 82.0 Å². The summed E-state index contributed by atoms with van der Waals surface area (Å²) < 4.78 is 5.92. The van der Waals surface area contributed by atoms with Crippen LogP contribution in [-0.2, 0) is 4.79 Å². The summed E-state index contributed by atoms with van der Waals surface area (Å²) in [6.07, 6.45) is 3.35. The average Bonchev–Trinajstić information content (AvgIpc) is 2.68. The van der Waals surface area contributed by atoms with Crippen molar-refractivity contribution in [2.75, 3.05) is 6.54 Å². The quantitative estimate of drug-likeness (QED) is 0.752. The Morgan fingerprint density at radius 1 is 1.14 bits per heavy atom. The van der Waals surface area contributed by atoms with Gasteiger partial charge in [-0.25, -0.2) is 0 Å². The second-order valence-corrected chi connectivity index (χ2v) is 6.76. The second kappa shape index (κ2) is 8.76. The molecule has 2 N–H and O–H groups in total. The minimum Gasteiger partial charge on any atom is -0.485 e. The van der Waals surface area contributed by atoms with E-state index in [4.69, 9.17) is 16.3 Å². The average molecular weight is 397 g/mol. The van der Waals surface area contributed by atoms with Crippen LogP contribution in [-0.4, -0.2) is 24.5 Å². The predicted octanol–water partition coefficient (Wildman–Crippen LogP) is 3.95. The molecule has 1 aliphatic rings. The Bertz CT molecular complexity index is 949. The third kappa shape index (κ3) is 4.61. The Labute approximate surface area is 169 Å². The number of nitrogens with one attached hydrogen (secondary N) is 2. The van der Waals surface area contributed by atoms with Crippen LogP contribution in [0.2, 0.25) is 5.02 Å². The molecule has 0 spiro atoms. The molecule has 0 saturated heterocycles. The SMILES string of the molecule is CCNC(=O)C(=CC1=Cc2ccccc2OC1C)NC(=O)c1ccc(Cl)cc1.